The first-order chi connectivity index (χ1) is 15.1. The number of benzene rings is 1. The van der Waals surface area contributed by atoms with Crippen LogP contribution >= 0.6 is 11.3 Å². The molecular formula is C22H19N5O3S. The number of anilines is 1. The van der Waals surface area contributed by atoms with E-state index in [0.717, 1.165) is 21.3 Å². The van der Waals surface area contributed by atoms with Gasteiger partial charge in [-0.05, 0) is 30.2 Å². The van der Waals surface area contributed by atoms with Crippen molar-refractivity contribution in [1.82, 2.24) is 20.3 Å². The maximum atomic E-state index is 12.1. The molecule has 3 N–H and O–H groups in total. The van der Waals surface area contributed by atoms with Gasteiger partial charge in [0.15, 0.2) is 0 Å². The van der Waals surface area contributed by atoms with E-state index in [4.69, 9.17) is 5.11 Å². The van der Waals surface area contributed by atoms with E-state index >= 15 is 0 Å². The highest BCUT2D eigenvalue weighted by molar-refractivity contribution is 7.17. The number of para-hydroxylation sites is 1. The van der Waals surface area contributed by atoms with Crippen LogP contribution in [0.3, 0.4) is 0 Å². The number of hydrogen-bond acceptors (Lipinski definition) is 7. The van der Waals surface area contributed by atoms with Crippen LogP contribution in [-0.2, 0) is 6.42 Å². The molecule has 1 aromatic carbocycles. The molecule has 0 atom stereocenters. The molecule has 0 saturated heterocycles. The normalized spacial score (nSPS) is 10.7. The fraction of sp³-hybridized carbons (Fsp3) is 0.136. The predicted octanol–water partition coefficient (Wildman–Crippen LogP) is 3.47. The van der Waals surface area contributed by atoms with Gasteiger partial charge in [-0.2, -0.15) is 0 Å². The predicted molar refractivity (Wildman–Crippen MR) is 120 cm³/mol. The van der Waals surface area contributed by atoms with Crippen LogP contribution in [0, 0.1) is 0 Å². The number of carbonyl (C=O) groups excluding carboxylic acids is 1. The van der Waals surface area contributed by atoms with Crippen LogP contribution in [0.5, 0.6) is 0 Å². The molecule has 0 aliphatic rings. The third-order valence-corrected chi connectivity index (χ3v) is 5.86. The summed E-state index contributed by atoms with van der Waals surface area (Å²) in [7, 11) is 1.61. The van der Waals surface area contributed by atoms with E-state index in [9.17, 15) is 9.59 Å². The van der Waals surface area contributed by atoms with Gasteiger partial charge in [-0.3, -0.25) is 9.78 Å². The summed E-state index contributed by atoms with van der Waals surface area (Å²) >= 11 is 1.17. The lowest BCUT2D eigenvalue weighted by Crippen LogP contribution is -2.18. The van der Waals surface area contributed by atoms with Gasteiger partial charge in [0.2, 0.25) is 0 Å². The number of pyridine rings is 1. The van der Waals surface area contributed by atoms with Gasteiger partial charge in [-0.15, -0.1) is 11.3 Å². The first-order valence-corrected chi connectivity index (χ1v) is 10.4. The quantitative estimate of drug-likeness (QED) is 0.408. The summed E-state index contributed by atoms with van der Waals surface area (Å²) < 4.78 is 0. The summed E-state index contributed by atoms with van der Waals surface area (Å²) in [5.74, 6) is -0.447. The number of aromatic nitrogens is 3. The maximum Gasteiger partial charge on any atom is 0.345 e. The molecule has 0 fully saturated rings. The molecule has 4 aromatic rings. The van der Waals surface area contributed by atoms with Gasteiger partial charge in [0, 0.05) is 31.2 Å². The van der Waals surface area contributed by atoms with Crippen molar-refractivity contribution in [3.05, 3.63) is 71.0 Å². The minimum atomic E-state index is -0.952. The van der Waals surface area contributed by atoms with Crippen LogP contribution < -0.4 is 10.6 Å². The molecule has 3 heterocycles. The second-order valence-corrected chi connectivity index (χ2v) is 7.77. The Balaban J connectivity index is 1.49. The first kappa shape index (κ1) is 20.4. The highest BCUT2D eigenvalue weighted by Gasteiger charge is 2.12. The zero-order valence-electron chi connectivity index (χ0n) is 16.6. The summed E-state index contributed by atoms with van der Waals surface area (Å²) in [5, 5.41) is 15.8. The van der Waals surface area contributed by atoms with Gasteiger partial charge >= 0.3 is 5.97 Å². The van der Waals surface area contributed by atoms with Crippen molar-refractivity contribution in [2.45, 2.75) is 6.42 Å². The minimum absolute atomic E-state index is 0.143. The Kier molecular flexibility index (Phi) is 5.85. The fourth-order valence-corrected chi connectivity index (χ4v) is 4.09. The van der Waals surface area contributed by atoms with Crippen molar-refractivity contribution >= 4 is 39.9 Å². The van der Waals surface area contributed by atoms with Crippen LogP contribution in [0.2, 0.25) is 0 Å². The number of carboxylic acids is 1. The monoisotopic (exact) mass is 433 g/mol. The summed E-state index contributed by atoms with van der Waals surface area (Å²) in [6, 6.07) is 12.6. The van der Waals surface area contributed by atoms with E-state index in [1.807, 2.05) is 18.2 Å². The zero-order chi connectivity index (χ0) is 21.8. The van der Waals surface area contributed by atoms with Gasteiger partial charge < -0.3 is 15.7 Å². The number of rotatable bonds is 7. The molecule has 9 heteroatoms. The molecule has 4 rings (SSSR count). The Hall–Kier alpha value is -3.85. The molecule has 31 heavy (non-hydrogen) atoms. The standard InChI is InChI=1S/C22H19N5O3S/c1-23-21(28)15-8-10-25-20-13(3-2-4-14(15)20)7-9-24-19-11-16(26-12-27-19)17-5-6-18(31-17)22(29)30/h2-6,8,10-12H,7,9H2,1H3,(H,23,28)(H,29,30)(H,24,26,27). The van der Waals surface area contributed by atoms with E-state index in [1.165, 1.54) is 17.7 Å². The molecule has 0 bridgehead atoms. The number of fused-ring (bicyclic) bond motifs is 1. The Morgan fingerprint density at radius 1 is 1.10 bits per heavy atom. The molecule has 0 aliphatic heterocycles. The molecule has 1 amide bonds. The lowest BCUT2D eigenvalue weighted by Gasteiger charge is -2.10. The summed E-state index contributed by atoms with van der Waals surface area (Å²) in [6.45, 7) is 0.603. The van der Waals surface area contributed by atoms with E-state index in [-0.39, 0.29) is 10.8 Å². The van der Waals surface area contributed by atoms with E-state index in [0.29, 0.717) is 30.0 Å². The zero-order valence-corrected chi connectivity index (χ0v) is 17.4. The SMILES string of the molecule is CNC(=O)c1ccnc2c(CCNc3cc(-c4ccc(C(=O)O)s4)ncn3)cccc12. The van der Waals surface area contributed by atoms with Gasteiger partial charge in [0.25, 0.3) is 5.91 Å². The van der Waals surface area contributed by atoms with E-state index < -0.39 is 5.97 Å². The fourth-order valence-electron chi connectivity index (χ4n) is 3.28. The molecule has 8 nitrogen and oxygen atoms in total. The highest BCUT2D eigenvalue weighted by atomic mass is 32.1. The van der Waals surface area contributed by atoms with Crippen molar-refractivity contribution in [2.24, 2.45) is 0 Å². The second kappa shape index (κ2) is 8.88. The molecule has 0 saturated carbocycles. The van der Waals surface area contributed by atoms with Crippen LogP contribution in [0.4, 0.5) is 5.82 Å². The molecule has 0 aliphatic carbocycles. The third kappa shape index (κ3) is 4.36. The number of hydrogen-bond donors (Lipinski definition) is 3. The van der Waals surface area contributed by atoms with Crippen LogP contribution in [-0.4, -0.2) is 45.5 Å². The van der Waals surface area contributed by atoms with Crippen molar-refractivity contribution in [2.75, 3.05) is 18.9 Å². The van der Waals surface area contributed by atoms with Crippen molar-refractivity contribution in [3.63, 3.8) is 0 Å². The number of aromatic carboxylic acids is 1. The molecule has 0 unspecified atom stereocenters. The van der Waals surface area contributed by atoms with Crippen LogP contribution in [0.25, 0.3) is 21.5 Å². The number of amides is 1. The average molecular weight is 433 g/mol. The molecule has 156 valence electrons. The molecule has 3 aromatic heterocycles. The number of nitrogens with zero attached hydrogens (tertiary/aromatic N) is 3. The number of carbonyl (C=O) groups is 2. The smallest absolute Gasteiger partial charge is 0.345 e. The van der Waals surface area contributed by atoms with Crippen LogP contribution in [0.15, 0.2) is 55.0 Å². The Bertz CT molecular complexity index is 1270. The van der Waals surface area contributed by atoms with Gasteiger partial charge in [-0.1, -0.05) is 18.2 Å². The van der Waals surface area contributed by atoms with Crippen LogP contribution in [0.1, 0.15) is 25.6 Å². The molecule has 0 radical (unpaired) electrons. The van der Waals surface area contributed by atoms with E-state index in [1.54, 1.807) is 37.5 Å². The lowest BCUT2D eigenvalue weighted by atomic mass is 10.0. The lowest BCUT2D eigenvalue weighted by molar-refractivity contribution is 0.0702. The molecule has 0 spiro atoms. The summed E-state index contributed by atoms with van der Waals surface area (Å²) in [5.41, 5.74) is 3.08. The Morgan fingerprint density at radius 3 is 2.74 bits per heavy atom. The second-order valence-electron chi connectivity index (χ2n) is 6.69. The summed E-state index contributed by atoms with van der Waals surface area (Å²) in [4.78, 5) is 37.2. The molecular weight excluding hydrogens is 414 g/mol. The topological polar surface area (TPSA) is 117 Å². The van der Waals surface area contributed by atoms with Gasteiger partial charge in [0.05, 0.1) is 21.7 Å². The highest BCUT2D eigenvalue weighted by Crippen LogP contribution is 2.27. The van der Waals surface area contributed by atoms with Gasteiger partial charge in [-0.25, -0.2) is 14.8 Å². The number of carboxylic acid groups (broad SMARTS) is 1. The average Bonchev–Trinajstić information content (AvgIpc) is 3.29. The number of thiophene rings is 1. The maximum absolute atomic E-state index is 12.1. The van der Waals surface area contributed by atoms with E-state index in [2.05, 4.69) is 25.6 Å². The van der Waals surface area contributed by atoms with Crippen molar-refractivity contribution < 1.29 is 14.7 Å². The number of nitrogens with one attached hydrogen (secondary N) is 2. The van der Waals surface area contributed by atoms with Gasteiger partial charge in [0.1, 0.15) is 17.0 Å². The summed E-state index contributed by atoms with van der Waals surface area (Å²) in [6.07, 6.45) is 3.78. The minimum Gasteiger partial charge on any atom is -0.477 e. The largest absolute Gasteiger partial charge is 0.477 e. The van der Waals surface area contributed by atoms with Crippen molar-refractivity contribution in [3.8, 4) is 10.6 Å². The Labute approximate surface area is 182 Å². The first-order valence-electron chi connectivity index (χ1n) is 9.55. The van der Waals surface area contributed by atoms with Crippen molar-refractivity contribution in [1.29, 1.82) is 0 Å². The Morgan fingerprint density at radius 2 is 1.97 bits per heavy atom. The third-order valence-electron chi connectivity index (χ3n) is 4.76.